The van der Waals surface area contributed by atoms with E-state index in [-0.39, 0.29) is 0 Å². The van der Waals surface area contributed by atoms with Crippen molar-refractivity contribution < 1.29 is 28.5 Å². The van der Waals surface area contributed by atoms with Crippen LogP contribution in [0.3, 0.4) is 0 Å². The van der Waals surface area contributed by atoms with Gasteiger partial charge in [-0.3, -0.25) is 9.59 Å². The number of esters is 2. The molecular weight excluding hydrogens is 504 g/mol. The van der Waals surface area contributed by atoms with Gasteiger partial charge in [0, 0.05) is 52.1 Å². The number of carbonyl (C=O) groups is 2. The first kappa shape index (κ1) is 25.7. The fourth-order valence-electron chi connectivity index (χ4n) is 5.55. The fourth-order valence-corrected chi connectivity index (χ4v) is 5.55. The van der Waals surface area contributed by atoms with Crippen molar-refractivity contribution in [2.75, 3.05) is 0 Å². The second-order valence-corrected chi connectivity index (χ2v) is 11.3. The lowest BCUT2D eigenvalue weighted by molar-refractivity contribution is -0.132. The summed E-state index contributed by atoms with van der Waals surface area (Å²) in [5.74, 6) is 1.38. The molecule has 202 valence electrons. The summed E-state index contributed by atoms with van der Waals surface area (Å²) >= 11 is 0. The molecule has 6 heteroatoms. The first-order valence-corrected chi connectivity index (χ1v) is 13.3. The number of rotatable bonds is 3. The number of carbonyl (C=O) groups excluding carboxylic acids is 2. The zero-order valence-electron chi connectivity index (χ0n) is 23.4. The molecule has 0 saturated carbocycles. The van der Waals surface area contributed by atoms with E-state index in [1.165, 1.54) is 13.8 Å². The van der Waals surface area contributed by atoms with Crippen molar-refractivity contribution in [1.82, 2.24) is 0 Å². The van der Waals surface area contributed by atoms with Crippen molar-refractivity contribution in [3.05, 3.63) is 83.4 Å². The van der Waals surface area contributed by atoms with Crippen molar-refractivity contribution in [1.29, 1.82) is 0 Å². The summed E-state index contributed by atoms with van der Waals surface area (Å²) in [5.41, 5.74) is 1.77. The highest BCUT2D eigenvalue weighted by Crippen LogP contribution is 2.53. The van der Waals surface area contributed by atoms with Crippen LogP contribution in [0.15, 0.2) is 66.7 Å². The third-order valence-corrected chi connectivity index (χ3v) is 7.05. The number of ether oxygens (including phenoxy) is 4. The third-order valence-electron chi connectivity index (χ3n) is 7.05. The number of hydrogen-bond acceptors (Lipinski definition) is 6. The lowest BCUT2D eigenvalue weighted by Crippen LogP contribution is -2.30. The maximum absolute atomic E-state index is 12.5. The zero-order chi connectivity index (χ0) is 28.4. The monoisotopic (exact) mass is 534 g/mol. The maximum Gasteiger partial charge on any atom is 0.308 e. The van der Waals surface area contributed by atoms with Gasteiger partial charge in [-0.25, -0.2) is 0 Å². The van der Waals surface area contributed by atoms with Gasteiger partial charge in [-0.05, 0) is 51.5 Å². The summed E-state index contributed by atoms with van der Waals surface area (Å²) in [4.78, 5) is 24.6. The molecule has 0 N–H and O–H groups in total. The van der Waals surface area contributed by atoms with E-state index in [4.69, 9.17) is 18.9 Å². The summed E-state index contributed by atoms with van der Waals surface area (Å²) in [6, 6.07) is 17.3. The van der Waals surface area contributed by atoms with Crippen molar-refractivity contribution in [3.8, 4) is 23.0 Å². The van der Waals surface area contributed by atoms with Gasteiger partial charge in [0.15, 0.2) is 0 Å². The predicted octanol–water partition coefficient (Wildman–Crippen LogP) is 7.63. The quantitative estimate of drug-likeness (QED) is 0.199. The molecule has 40 heavy (non-hydrogen) atoms. The van der Waals surface area contributed by atoms with Crippen molar-refractivity contribution in [2.45, 2.75) is 52.7 Å². The number of fused-ring (bicyclic) bond motifs is 6. The van der Waals surface area contributed by atoms with E-state index < -0.39 is 23.1 Å². The van der Waals surface area contributed by atoms with Gasteiger partial charge in [-0.15, -0.1) is 0 Å². The Hall–Kier alpha value is -4.58. The molecule has 4 aromatic rings. The molecule has 6 nitrogen and oxygen atoms in total. The molecule has 0 amide bonds. The molecule has 0 fully saturated rings. The Morgan fingerprint density at radius 1 is 0.725 bits per heavy atom. The third kappa shape index (κ3) is 4.30. The molecule has 4 aromatic carbocycles. The first-order valence-electron chi connectivity index (χ1n) is 13.3. The largest absolute Gasteiger partial charge is 0.482 e. The van der Waals surface area contributed by atoms with Crippen LogP contribution in [0.25, 0.3) is 33.2 Å². The van der Waals surface area contributed by atoms with Gasteiger partial charge in [-0.1, -0.05) is 54.6 Å². The van der Waals surface area contributed by atoms with Crippen LogP contribution < -0.4 is 18.9 Å². The molecule has 2 heterocycles. The Labute approximate surface area is 232 Å². The van der Waals surface area contributed by atoms with Gasteiger partial charge >= 0.3 is 11.9 Å². The van der Waals surface area contributed by atoms with Gasteiger partial charge in [0.1, 0.15) is 34.2 Å². The topological polar surface area (TPSA) is 71.1 Å². The minimum absolute atomic E-state index is 0.421. The standard InChI is InChI=1S/C34H30O6/c1-19(35)37-28-17-26-27(18-34(5,6)40-31(26)22-12-8-7-11-21(22)28)29-25-15-16-33(3,4)39-30(25)23-13-9-10-14-24(23)32(29)38-20(2)36/h7-18H,1-6H3. The van der Waals surface area contributed by atoms with Crippen LogP contribution in [0, 0.1) is 0 Å². The van der Waals surface area contributed by atoms with E-state index in [2.05, 4.69) is 0 Å². The van der Waals surface area contributed by atoms with Crippen LogP contribution in [0.2, 0.25) is 0 Å². The Balaban J connectivity index is 1.76. The van der Waals surface area contributed by atoms with E-state index in [9.17, 15) is 9.59 Å². The highest BCUT2D eigenvalue weighted by molar-refractivity contribution is 6.08. The molecule has 0 unspecified atom stereocenters. The minimum atomic E-state index is -0.710. The molecule has 6 rings (SSSR count). The highest BCUT2D eigenvalue weighted by atomic mass is 16.5. The normalized spacial score (nSPS) is 16.3. The summed E-state index contributed by atoms with van der Waals surface area (Å²) in [5, 5.41) is 3.18. The highest BCUT2D eigenvalue weighted by Gasteiger charge is 2.36. The van der Waals surface area contributed by atoms with Gasteiger partial charge in [-0.2, -0.15) is 0 Å². The van der Waals surface area contributed by atoms with E-state index in [0.717, 1.165) is 38.2 Å². The minimum Gasteiger partial charge on any atom is -0.482 e. The molecule has 2 aliphatic rings. The number of benzene rings is 4. The van der Waals surface area contributed by atoms with Crippen LogP contribution in [-0.2, 0) is 9.59 Å². The van der Waals surface area contributed by atoms with Crippen LogP contribution in [-0.4, -0.2) is 23.1 Å². The summed E-state index contributed by atoms with van der Waals surface area (Å²) in [6.45, 7) is 10.8. The van der Waals surface area contributed by atoms with Crippen LogP contribution in [0.4, 0.5) is 0 Å². The van der Waals surface area contributed by atoms with Gasteiger partial charge in [0.2, 0.25) is 0 Å². The molecule has 0 saturated heterocycles. The molecule has 0 aliphatic carbocycles. The first-order chi connectivity index (χ1) is 18.9. The maximum atomic E-state index is 12.5. The van der Waals surface area contributed by atoms with Crippen molar-refractivity contribution in [2.24, 2.45) is 0 Å². The van der Waals surface area contributed by atoms with Crippen LogP contribution in [0.1, 0.15) is 58.2 Å². The Bertz CT molecular complexity index is 1810. The Kier molecular flexibility index (Phi) is 5.77. The summed E-state index contributed by atoms with van der Waals surface area (Å²) < 4.78 is 24.8. The average molecular weight is 535 g/mol. The average Bonchev–Trinajstić information content (AvgIpc) is 2.88. The Morgan fingerprint density at radius 2 is 1.30 bits per heavy atom. The van der Waals surface area contributed by atoms with Crippen LogP contribution in [0.5, 0.6) is 23.0 Å². The zero-order valence-corrected chi connectivity index (χ0v) is 23.4. The molecule has 0 aromatic heterocycles. The van der Waals surface area contributed by atoms with E-state index >= 15 is 0 Å². The summed E-state index contributed by atoms with van der Waals surface area (Å²) in [7, 11) is 0. The Morgan fingerprint density at radius 3 is 1.95 bits per heavy atom. The van der Waals surface area contributed by atoms with E-state index in [0.29, 0.717) is 28.6 Å². The molecule has 0 spiro atoms. The van der Waals surface area contributed by atoms with Crippen molar-refractivity contribution in [3.63, 3.8) is 0 Å². The number of hydrogen-bond donors (Lipinski definition) is 0. The van der Waals surface area contributed by atoms with Gasteiger partial charge in [0.05, 0.1) is 0 Å². The van der Waals surface area contributed by atoms with Crippen molar-refractivity contribution >= 4 is 45.1 Å². The second kappa shape index (κ2) is 8.98. The molecule has 0 radical (unpaired) electrons. The molecular formula is C34H30O6. The smallest absolute Gasteiger partial charge is 0.308 e. The lowest BCUT2D eigenvalue weighted by atomic mass is 9.83. The van der Waals surface area contributed by atoms with Gasteiger partial charge < -0.3 is 18.9 Å². The van der Waals surface area contributed by atoms with E-state index in [1.807, 2.05) is 101 Å². The lowest BCUT2D eigenvalue weighted by Gasteiger charge is -2.35. The van der Waals surface area contributed by atoms with Crippen LogP contribution >= 0.6 is 0 Å². The van der Waals surface area contributed by atoms with Gasteiger partial charge in [0.25, 0.3) is 0 Å². The fraction of sp³-hybridized carbons (Fsp3) is 0.235. The SMILES string of the molecule is CC(=O)Oc1cc2c(c3ccccc13)OC(C)(C)C=C2c1c2c(c3ccccc3c1OC(C)=O)OC(C)(C)C=C2. The molecule has 2 aliphatic heterocycles. The predicted molar refractivity (Wildman–Crippen MR) is 156 cm³/mol. The van der Waals surface area contributed by atoms with E-state index in [1.54, 1.807) is 0 Å². The summed E-state index contributed by atoms with van der Waals surface area (Å²) in [6.07, 6.45) is 6.05. The molecule has 0 atom stereocenters. The second-order valence-electron chi connectivity index (χ2n) is 11.3. The molecule has 0 bridgehead atoms.